The first-order valence-electron chi connectivity index (χ1n) is 5.96. The lowest BCUT2D eigenvalue weighted by Crippen LogP contribution is -2.42. The second-order valence-electron chi connectivity index (χ2n) is 4.54. The maximum absolute atomic E-state index is 13.3. The number of nitrogens with one attached hydrogen (secondary N) is 1. The van der Waals surface area contributed by atoms with Crippen molar-refractivity contribution in [2.24, 2.45) is 0 Å². The van der Waals surface area contributed by atoms with Crippen molar-refractivity contribution in [3.8, 4) is 5.75 Å². The predicted molar refractivity (Wildman–Crippen MR) is 59.3 cm³/mol. The molecule has 1 aromatic rings. The summed E-state index contributed by atoms with van der Waals surface area (Å²) < 4.78 is 69.8. The largest absolute Gasteiger partial charge is 0.485 e. The summed E-state index contributed by atoms with van der Waals surface area (Å²) in [6.45, 7) is -0.774. The Bertz CT molecular complexity index is 547. The smallest absolute Gasteiger partial charge is 0.324 e. The van der Waals surface area contributed by atoms with Crippen molar-refractivity contribution in [1.82, 2.24) is 5.32 Å². The molecule has 0 bridgehead atoms. The third-order valence-electron chi connectivity index (χ3n) is 2.88. The molecule has 116 valence electrons. The van der Waals surface area contributed by atoms with Crippen LogP contribution in [0.25, 0.3) is 0 Å². The van der Waals surface area contributed by atoms with Crippen molar-refractivity contribution in [3.63, 3.8) is 0 Å². The van der Waals surface area contributed by atoms with E-state index in [1.807, 2.05) is 0 Å². The van der Waals surface area contributed by atoms with Gasteiger partial charge in [-0.05, 0) is 12.8 Å². The van der Waals surface area contributed by atoms with Gasteiger partial charge in [0, 0.05) is 6.04 Å². The Kier molecular flexibility index (Phi) is 4.31. The van der Waals surface area contributed by atoms with Crippen molar-refractivity contribution >= 4 is 5.97 Å². The minimum Gasteiger partial charge on any atom is -0.485 e. The van der Waals surface area contributed by atoms with E-state index in [0.717, 1.165) is 12.8 Å². The van der Waals surface area contributed by atoms with Gasteiger partial charge in [-0.1, -0.05) is 0 Å². The van der Waals surface area contributed by atoms with Crippen LogP contribution in [0.15, 0.2) is 0 Å². The first-order valence-corrected chi connectivity index (χ1v) is 5.96. The van der Waals surface area contributed by atoms with Gasteiger partial charge in [-0.2, -0.15) is 8.78 Å². The molecule has 1 aromatic carbocycles. The zero-order valence-corrected chi connectivity index (χ0v) is 10.4. The summed E-state index contributed by atoms with van der Waals surface area (Å²) in [5.74, 6) is -13.7. The highest BCUT2D eigenvalue weighted by Crippen LogP contribution is 2.29. The minimum atomic E-state index is -2.30. The molecule has 0 saturated heterocycles. The zero-order chi connectivity index (χ0) is 15.7. The van der Waals surface area contributed by atoms with E-state index in [4.69, 9.17) is 5.11 Å². The van der Waals surface area contributed by atoms with E-state index in [1.54, 1.807) is 0 Å². The Labute approximate surface area is 115 Å². The number of benzene rings is 1. The first-order chi connectivity index (χ1) is 9.82. The molecule has 1 aliphatic rings. The van der Waals surface area contributed by atoms with Gasteiger partial charge in [-0.25, -0.2) is 13.2 Å². The Hall–Kier alpha value is -1.90. The predicted octanol–water partition coefficient (Wildman–Crippen LogP) is 1.97. The Morgan fingerprint density at radius 2 is 1.57 bits per heavy atom. The summed E-state index contributed by atoms with van der Waals surface area (Å²) in [6, 6.07) is -1.36. The Balaban J connectivity index is 2.16. The van der Waals surface area contributed by atoms with Crippen LogP contribution < -0.4 is 10.1 Å². The molecule has 0 heterocycles. The second-order valence-corrected chi connectivity index (χ2v) is 4.54. The summed E-state index contributed by atoms with van der Waals surface area (Å²) in [5.41, 5.74) is 0. The van der Waals surface area contributed by atoms with Gasteiger partial charge in [0.15, 0.2) is 5.75 Å². The third kappa shape index (κ3) is 3.23. The van der Waals surface area contributed by atoms with Crippen LogP contribution in [-0.4, -0.2) is 29.8 Å². The number of carboxylic acids is 1. The third-order valence-corrected chi connectivity index (χ3v) is 2.88. The van der Waals surface area contributed by atoms with Gasteiger partial charge in [0.25, 0.3) is 0 Å². The van der Waals surface area contributed by atoms with E-state index in [9.17, 15) is 26.7 Å². The van der Waals surface area contributed by atoms with Crippen molar-refractivity contribution in [2.75, 3.05) is 6.61 Å². The normalized spacial score (nSPS) is 15.9. The number of rotatable bonds is 6. The summed E-state index contributed by atoms with van der Waals surface area (Å²) in [5, 5.41) is 11.5. The van der Waals surface area contributed by atoms with Gasteiger partial charge in [0.2, 0.25) is 29.1 Å². The van der Waals surface area contributed by atoms with Crippen molar-refractivity contribution in [3.05, 3.63) is 29.1 Å². The molecular formula is C12H10F5NO3. The lowest BCUT2D eigenvalue weighted by atomic mass is 10.2. The molecule has 1 fully saturated rings. The van der Waals surface area contributed by atoms with Crippen LogP contribution in [0.4, 0.5) is 22.0 Å². The Morgan fingerprint density at radius 3 is 2.00 bits per heavy atom. The summed E-state index contributed by atoms with van der Waals surface area (Å²) in [4.78, 5) is 10.9. The highest BCUT2D eigenvalue weighted by atomic mass is 19.2. The van der Waals surface area contributed by atoms with Gasteiger partial charge >= 0.3 is 5.97 Å². The second kappa shape index (κ2) is 5.84. The first kappa shape index (κ1) is 15.5. The molecule has 1 saturated carbocycles. The molecule has 2 N–H and O–H groups in total. The van der Waals surface area contributed by atoms with E-state index in [0.29, 0.717) is 0 Å². The number of hydrogen-bond donors (Lipinski definition) is 2. The molecule has 9 heteroatoms. The molecule has 1 unspecified atom stereocenters. The maximum atomic E-state index is 13.3. The van der Waals surface area contributed by atoms with E-state index in [2.05, 4.69) is 10.1 Å². The average Bonchev–Trinajstić information content (AvgIpc) is 3.25. The fraction of sp³-hybridized carbons (Fsp3) is 0.417. The summed E-state index contributed by atoms with van der Waals surface area (Å²) >= 11 is 0. The number of carbonyl (C=O) groups is 1. The number of ether oxygens (including phenoxy) is 1. The van der Waals surface area contributed by atoms with Crippen molar-refractivity contribution < 1.29 is 36.6 Å². The maximum Gasteiger partial charge on any atom is 0.324 e. The van der Waals surface area contributed by atoms with E-state index in [-0.39, 0.29) is 6.04 Å². The lowest BCUT2D eigenvalue weighted by molar-refractivity contribution is -0.140. The van der Waals surface area contributed by atoms with Crippen LogP contribution in [0.2, 0.25) is 0 Å². The van der Waals surface area contributed by atoms with Gasteiger partial charge in [-0.15, -0.1) is 0 Å². The topological polar surface area (TPSA) is 58.6 Å². The van der Waals surface area contributed by atoms with E-state index < -0.39 is 53.5 Å². The lowest BCUT2D eigenvalue weighted by Gasteiger charge is -2.16. The Morgan fingerprint density at radius 1 is 1.10 bits per heavy atom. The highest BCUT2D eigenvalue weighted by molar-refractivity contribution is 5.73. The van der Waals surface area contributed by atoms with Crippen molar-refractivity contribution in [1.29, 1.82) is 0 Å². The fourth-order valence-corrected chi connectivity index (χ4v) is 1.60. The summed E-state index contributed by atoms with van der Waals surface area (Å²) in [6.07, 6.45) is 1.48. The number of aliphatic carboxylic acids is 1. The molecule has 0 amide bonds. The molecule has 21 heavy (non-hydrogen) atoms. The molecule has 1 aliphatic carbocycles. The van der Waals surface area contributed by atoms with Gasteiger partial charge in [-0.3, -0.25) is 10.1 Å². The van der Waals surface area contributed by atoms with E-state index >= 15 is 0 Å². The van der Waals surface area contributed by atoms with Crippen LogP contribution in [0.5, 0.6) is 5.75 Å². The van der Waals surface area contributed by atoms with Gasteiger partial charge < -0.3 is 9.84 Å². The SMILES string of the molecule is O=C(O)C(COc1c(F)c(F)c(F)c(F)c1F)NC1CC1. The quantitative estimate of drug-likeness (QED) is 0.479. The van der Waals surface area contributed by atoms with Crippen LogP contribution in [0.1, 0.15) is 12.8 Å². The van der Waals surface area contributed by atoms with Gasteiger partial charge in [0.05, 0.1) is 0 Å². The molecule has 1 atom stereocenters. The van der Waals surface area contributed by atoms with Crippen LogP contribution in [0, 0.1) is 29.1 Å². The number of halogens is 5. The molecule has 2 rings (SSSR count). The average molecular weight is 311 g/mol. The van der Waals surface area contributed by atoms with Crippen LogP contribution in [-0.2, 0) is 4.79 Å². The molecular weight excluding hydrogens is 301 g/mol. The highest BCUT2D eigenvalue weighted by Gasteiger charge is 2.31. The summed E-state index contributed by atoms with van der Waals surface area (Å²) in [7, 11) is 0. The zero-order valence-electron chi connectivity index (χ0n) is 10.4. The number of carboxylic acid groups (broad SMARTS) is 1. The van der Waals surface area contributed by atoms with Crippen LogP contribution >= 0.6 is 0 Å². The molecule has 0 aliphatic heterocycles. The molecule has 0 spiro atoms. The minimum absolute atomic E-state index is 0.0499. The molecule has 0 aromatic heterocycles. The van der Waals surface area contributed by atoms with Crippen molar-refractivity contribution in [2.45, 2.75) is 24.9 Å². The molecule has 4 nitrogen and oxygen atoms in total. The van der Waals surface area contributed by atoms with Crippen LogP contribution in [0.3, 0.4) is 0 Å². The fourth-order valence-electron chi connectivity index (χ4n) is 1.60. The van der Waals surface area contributed by atoms with Gasteiger partial charge in [0.1, 0.15) is 12.6 Å². The number of hydrogen-bond acceptors (Lipinski definition) is 3. The standard InChI is InChI=1S/C12H10F5NO3/c13-6-7(14)9(16)11(10(17)8(6)15)21-3-5(12(19)20)18-4-1-2-4/h4-5,18H,1-3H2,(H,19,20). The monoisotopic (exact) mass is 311 g/mol. The van der Waals surface area contributed by atoms with E-state index in [1.165, 1.54) is 0 Å². The molecule has 0 radical (unpaired) electrons.